The molecular formula is C9H12N2O. The van der Waals surface area contributed by atoms with E-state index in [0.717, 1.165) is 30.9 Å². The van der Waals surface area contributed by atoms with Crippen LogP contribution in [0.3, 0.4) is 0 Å². The zero-order chi connectivity index (χ0) is 8.39. The van der Waals surface area contributed by atoms with Gasteiger partial charge in [0.2, 0.25) is 0 Å². The fourth-order valence-corrected chi connectivity index (χ4v) is 1.47. The predicted molar refractivity (Wildman–Crippen MR) is 45.6 cm³/mol. The van der Waals surface area contributed by atoms with E-state index in [4.69, 9.17) is 5.11 Å². The number of aromatic nitrogens is 1. The molecule has 0 aliphatic carbocycles. The third kappa shape index (κ3) is 1.33. The van der Waals surface area contributed by atoms with Crippen molar-refractivity contribution >= 4 is 0 Å². The Morgan fingerprint density at radius 2 is 2.42 bits per heavy atom. The van der Waals surface area contributed by atoms with Crippen LogP contribution in [0, 0.1) is 0 Å². The Morgan fingerprint density at radius 3 is 3.25 bits per heavy atom. The van der Waals surface area contributed by atoms with Gasteiger partial charge in [0.15, 0.2) is 0 Å². The van der Waals surface area contributed by atoms with Crippen LogP contribution >= 0.6 is 0 Å². The molecule has 3 nitrogen and oxygen atoms in total. The SMILES string of the molecule is OCc1ccc2c(n1)CNCC2. The molecule has 12 heavy (non-hydrogen) atoms. The molecular weight excluding hydrogens is 152 g/mol. The van der Waals surface area contributed by atoms with E-state index in [0.29, 0.717) is 0 Å². The molecule has 1 aromatic heterocycles. The lowest BCUT2D eigenvalue weighted by Gasteiger charge is -2.16. The van der Waals surface area contributed by atoms with Gasteiger partial charge in [0, 0.05) is 6.54 Å². The Kier molecular flexibility index (Phi) is 2.06. The number of hydrogen-bond donors (Lipinski definition) is 2. The maximum Gasteiger partial charge on any atom is 0.0853 e. The van der Waals surface area contributed by atoms with Crippen LogP contribution in [0.2, 0.25) is 0 Å². The molecule has 0 spiro atoms. The van der Waals surface area contributed by atoms with Crippen molar-refractivity contribution in [1.29, 1.82) is 0 Å². The molecule has 0 fully saturated rings. The number of fused-ring (bicyclic) bond motifs is 1. The average molecular weight is 164 g/mol. The second kappa shape index (κ2) is 3.21. The Bertz CT molecular complexity index is 286. The molecule has 64 valence electrons. The highest BCUT2D eigenvalue weighted by atomic mass is 16.3. The highest BCUT2D eigenvalue weighted by molar-refractivity contribution is 5.24. The van der Waals surface area contributed by atoms with Crippen LogP contribution in [0.4, 0.5) is 0 Å². The van der Waals surface area contributed by atoms with Crippen molar-refractivity contribution in [2.45, 2.75) is 19.6 Å². The van der Waals surface area contributed by atoms with Crippen LogP contribution in [-0.4, -0.2) is 16.6 Å². The third-order valence-corrected chi connectivity index (χ3v) is 2.15. The first-order valence-electron chi connectivity index (χ1n) is 4.19. The number of rotatable bonds is 1. The molecule has 1 aliphatic rings. The van der Waals surface area contributed by atoms with Gasteiger partial charge in [-0.05, 0) is 24.6 Å². The Hall–Kier alpha value is -0.930. The highest BCUT2D eigenvalue weighted by Crippen LogP contribution is 2.11. The lowest BCUT2D eigenvalue weighted by Crippen LogP contribution is -2.24. The van der Waals surface area contributed by atoms with E-state index < -0.39 is 0 Å². The summed E-state index contributed by atoms with van der Waals surface area (Å²) >= 11 is 0. The van der Waals surface area contributed by atoms with Crippen molar-refractivity contribution in [3.05, 3.63) is 29.1 Å². The molecule has 2 heterocycles. The molecule has 2 rings (SSSR count). The van der Waals surface area contributed by atoms with Gasteiger partial charge in [0.05, 0.1) is 18.0 Å². The predicted octanol–water partition coefficient (Wildman–Crippen LogP) is 0.220. The molecule has 2 N–H and O–H groups in total. The van der Waals surface area contributed by atoms with E-state index >= 15 is 0 Å². The first-order chi connectivity index (χ1) is 5.90. The minimum absolute atomic E-state index is 0.0350. The second-order valence-corrected chi connectivity index (χ2v) is 2.99. The van der Waals surface area contributed by atoms with E-state index in [-0.39, 0.29) is 6.61 Å². The molecule has 0 radical (unpaired) electrons. The van der Waals surface area contributed by atoms with Crippen LogP contribution in [0.25, 0.3) is 0 Å². The maximum absolute atomic E-state index is 8.86. The molecule has 3 heteroatoms. The number of nitrogens with one attached hydrogen (secondary N) is 1. The zero-order valence-electron chi connectivity index (χ0n) is 6.88. The Balaban J connectivity index is 2.36. The molecule has 1 aliphatic heterocycles. The van der Waals surface area contributed by atoms with Gasteiger partial charge in [0.1, 0.15) is 0 Å². The average Bonchev–Trinajstić information content (AvgIpc) is 2.17. The summed E-state index contributed by atoms with van der Waals surface area (Å²) < 4.78 is 0. The summed E-state index contributed by atoms with van der Waals surface area (Å²) in [6.45, 7) is 1.91. The zero-order valence-corrected chi connectivity index (χ0v) is 6.88. The Morgan fingerprint density at radius 1 is 1.50 bits per heavy atom. The summed E-state index contributed by atoms with van der Waals surface area (Å²) in [5, 5.41) is 12.1. The molecule has 0 atom stereocenters. The van der Waals surface area contributed by atoms with E-state index in [1.54, 1.807) is 0 Å². The van der Waals surface area contributed by atoms with Crippen molar-refractivity contribution in [3.8, 4) is 0 Å². The second-order valence-electron chi connectivity index (χ2n) is 2.99. The fourth-order valence-electron chi connectivity index (χ4n) is 1.47. The highest BCUT2D eigenvalue weighted by Gasteiger charge is 2.09. The molecule has 0 aromatic carbocycles. The van der Waals surface area contributed by atoms with E-state index in [9.17, 15) is 0 Å². The van der Waals surface area contributed by atoms with Crippen molar-refractivity contribution in [2.75, 3.05) is 6.54 Å². The number of hydrogen-bond acceptors (Lipinski definition) is 3. The quantitative estimate of drug-likeness (QED) is 0.624. The smallest absolute Gasteiger partial charge is 0.0853 e. The topological polar surface area (TPSA) is 45.2 Å². The van der Waals surface area contributed by atoms with Crippen LogP contribution < -0.4 is 5.32 Å². The maximum atomic E-state index is 8.86. The van der Waals surface area contributed by atoms with Gasteiger partial charge in [-0.2, -0.15) is 0 Å². The van der Waals surface area contributed by atoms with Gasteiger partial charge in [-0.25, -0.2) is 0 Å². The van der Waals surface area contributed by atoms with Gasteiger partial charge in [-0.1, -0.05) is 6.07 Å². The van der Waals surface area contributed by atoms with Crippen LogP contribution in [-0.2, 0) is 19.6 Å². The summed E-state index contributed by atoms with van der Waals surface area (Å²) in [4.78, 5) is 4.32. The molecule has 0 saturated carbocycles. The lowest BCUT2D eigenvalue weighted by atomic mass is 10.1. The molecule has 0 bridgehead atoms. The number of nitrogens with zero attached hydrogens (tertiary/aromatic N) is 1. The van der Waals surface area contributed by atoms with E-state index in [1.807, 2.05) is 6.07 Å². The number of pyridine rings is 1. The monoisotopic (exact) mass is 164 g/mol. The van der Waals surface area contributed by atoms with E-state index in [2.05, 4.69) is 16.4 Å². The van der Waals surface area contributed by atoms with Crippen molar-refractivity contribution in [1.82, 2.24) is 10.3 Å². The third-order valence-electron chi connectivity index (χ3n) is 2.15. The summed E-state index contributed by atoms with van der Waals surface area (Å²) in [5.74, 6) is 0. The summed E-state index contributed by atoms with van der Waals surface area (Å²) in [6, 6.07) is 3.96. The van der Waals surface area contributed by atoms with Crippen molar-refractivity contribution in [3.63, 3.8) is 0 Å². The lowest BCUT2D eigenvalue weighted by molar-refractivity contribution is 0.276. The van der Waals surface area contributed by atoms with Crippen molar-refractivity contribution in [2.24, 2.45) is 0 Å². The number of aliphatic hydroxyl groups is 1. The van der Waals surface area contributed by atoms with Gasteiger partial charge >= 0.3 is 0 Å². The first-order valence-corrected chi connectivity index (χ1v) is 4.19. The summed E-state index contributed by atoms with van der Waals surface area (Å²) in [5.41, 5.74) is 3.16. The molecule has 0 unspecified atom stereocenters. The van der Waals surface area contributed by atoms with Crippen molar-refractivity contribution < 1.29 is 5.11 Å². The van der Waals surface area contributed by atoms with Gasteiger partial charge in [-0.3, -0.25) is 4.98 Å². The van der Waals surface area contributed by atoms with Crippen LogP contribution in [0.5, 0.6) is 0 Å². The van der Waals surface area contributed by atoms with Crippen LogP contribution in [0.1, 0.15) is 17.0 Å². The first kappa shape index (κ1) is 7.71. The largest absolute Gasteiger partial charge is 0.390 e. The van der Waals surface area contributed by atoms with Gasteiger partial charge in [-0.15, -0.1) is 0 Å². The van der Waals surface area contributed by atoms with Crippen LogP contribution in [0.15, 0.2) is 12.1 Å². The molecule has 0 saturated heterocycles. The fraction of sp³-hybridized carbons (Fsp3) is 0.444. The normalized spacial score (nSPS) is 15.8. The van der Waals surface area contributed by atoms with E-state index in [1.165, 1.54) is 5.56 Å². The van der Waals surface area contributed by atoms with Gasteiger partial charge in [0.25, 0.3) is 0 Å². The molecule has 0 amide bonds. The summed E-state index contributed by atoms with van der Waals surface area (Å²) in [6.07, 6.45) is 1.05. The molecule has 1 aromatic rings. The Labute approximate surface area is 71.4 Å². The number of aliphatic hydroxyl groups excluding tert-OH is 1. The minimum Gasteiger partial charge on any atom is -0.390 e. The summed E-state index contributed by atoms with van der Waals surface area (Å²) in [7, 11) is 0. The standard InChI is InChI=1S/C9H12N2O/c12-6-8-2-1-7-3-4-10-5-9(7)11-8/h1-2,10,12H,3-6H2. The van der Waals surface area contributed by atoms with Gasteiger partial charge < -0.3 is 10.4 Å². The minimum atomic E-state index is 0.0350.